The summed E-state index contributed by atoms with van der Waals surface area (Å²) in [5.74, 6) is -3.88. The van der Waals surface area contributed by atoms with Crippen LogP contribution in [0.2, 0.25) is 0 Å². The number of hydrogen-bond acceptors (Lipinski definition) is 2. The normalized spacial score (nSPS) is 11.3. The number of benzene rings is 1. The van der Waals surface area contributed by atoms with Gasteiger partial charge in [-0.25, -0.2) is 8.78 Å². The number of aliphatic carboxylic acids is 1. The molecule has 0 aromatic heterocycles. The Kier molecular flexibility index (Phi) is 5.41. The molecular formula is C15H19F2NO3. The van der Waals surface area contributed by atoms with E-state index in [1.807, 2.05) is 0 Å². The fraction of sp³-hybridized carbons (Fsp3) is 0.467. The SMILES string of the molecule is CCC(CC)(CNC(=O)c1c(F)ccc(C)c1F)C(=O)O. The van der Waals surface area contributed by atoms with Gasteiger partial charge in [-0.2, -0.15) is 0 Å². The molecule has 0 aliphatic rings. The second-order valence-electron chi connectivity index (χ2n) is 5.03. The lowest BCUT2D eigenvalue weighted by atomic mass is 9.82. The highest BCUT2D eigenvalue weighted by Crippen LogP contribution is 2.26. The van der Waals surface area contributed by atoms with Gasteiger partial charge in [0.1, 0.15) is 17.2 Å². The van der Waals surface area contributed by atoms with Crippen molar-refractivity contribution in [3.63, 3.8) is 0 Å². The molecule has 0 bridgehead atoms. The van der Waals surface area contributed by atoms with Crippen LogP contribution in [0.5, 0.6) is 0 Å². The van der Waals surface area contributed by atoms with Crippen molar-refractivity contribution >= 4 is 11.9 Å². The van der Waals surface area contributed by atoms with Crippen molar-refractivity contribution in [2.75, 3.05) is 6.54 Å². The maximum absolute atomic E-state index is 13.8. The molecule has 0 unspecified atom stereocenters. The van der Waals surface area contributed by atoms with E-state index in [1.165, 1.54) is 13.0 Å². The Balaban J connectivity index is 2.98. The minimum absolute atomic E-state index is 0.150. The Hall–Kier alpha value is -1.98. The van der Waals surface area contributed by atoms with E-state index in [0.29, 0.717) is 12.8 Å². The number of carboxylic acids is 1. The number of amides is 1. The number of carboxylic acid groups (broad SMARTS) is 1. The zero-order chi connectivity index (χ0) is 16.2. The summed E-state index contributed by atoms with van der Waals surface area (Å²) in [6, 6.07) is 2.25. The Bertz CT molecular complexity index is 554. The molecule has 0 radical (unpaired) electrons. The maximum atomic E-state index is 13.8. The molecule has 0 heterocycles. The van der Waals surface area contributed by atoms with Gasteiger partial charge in [0.2, 0.25) is 0 Å². The van der Waals surface area contributed by atoms with Crippen molar-refractivity contribution in [3.05, 3.63) is 34.9 Å². The minimum atomic E-state index is -1.13. The van der Waals surface area contributed by atoms with Crippen LogP contribution in [0.25, 0.3) is 0 Å². The van der Waals surface area contributed by atoms with Crippen molar-refractivity contribution in [2.45, 2.75) is 33.6 Å². The fourth-order valence-corrected chi connectivity index (χ4v) is 2.08. The summed E-state index contributed by atoms with van der Waals surface area (Å²) in [7, 11) is 0. The monoisotopic (exact) mass is 299 g/mol. The number of hydrogen-bond donors (Lipinski definition) is 2. The van der Waals surface area contributed by atoms with Gasteiger partial charge in [0.25, 0.3) is 5.91 Å². The van der Waals surface area contributed by atoms with E-state index in [2.05, 4.69) is 5.32 Å². The Labute approximate surface area is 122 Å². The van der Waals surface area contributed by atoms with Crippen LogP contribution in [0.4, 0.5) is 8.78 Å². The molecule has 0 aliphatic heterocycles. The third-order valence-electron chi connectivity index (χ3n) is 3.91. The third kappa shape index (κ3) is 3.37. The number of nitrogens with one attached hydrogen (secondary N) is 1. The Morgan fingerprint density at radius 3 is 2.29 bits per heavy atom. The first-order valence-corrected chi connectivity index (χ1v) is 6.75. The van der Waals surface area contributed by atoms with Gasteiger partial charge in [-0.05, 0) is 31.4 Å². The van der Waals surface area contributed by atoms with Crippen molar-refractivity contribution in [1.82, 2.24) is 5.32 Å². The second kappa shape index (κ2) is 6.65. The topological polar surface area (TPSA) is 66.4 Å². The number of rotatable bonds is 6. The molecule has 0 atom stereocenters. The average molecular weight is 299 g/mol. The van der Waals surface area contributed by atoms with Gasteiger partial charge < -0.3 is 10.4 Å². The zero-order valence-electron chi connectivity index (χ0n) is 12.3. The molecule has 0 spiro atoms. The first-order chi connectivity index (χ1) is 9.79. The van der Waals surface area contributed by atoms with Crippen molar-refractivity contribution in [3.8, 4) is 0 Å². The summed E-state index contributed by atoms with van der Waals surface area (Å²) in [6.07, 6.45) is 0.607. The maximum Gasteiger partial charge on any atom is 0.311 e. The minimum Gasteiger partial charge on any atom is -0.481 e. The van der Waals surface area contributed by atoms with E-state index >= 15 is 0 Å². The molecule has 0 aliphatic carbocycles. The van der Waals surface area contributed by atoms with Crippen LogP contribution < -0.4 is 5.32 Å². The Morgan fingerprint density at radius 2 is 1.81 bits per heavy atom. The van der Waals surface area contributed by atoms with Gasteiger partial charge in [-0.15, -0.1) is 0 Å². The van der Waals surface area contributed by atoms with Crippen molar-refractivity contribution in [2.24, 2.45) is 5.41 Å². The van der Waals surface area contributed by atoms with Gasteiger partial charge in [-0.1, -0.05) is 19.9 Å². The van der Waals surface area contributed by atoms with Gasteiger partial charge in [0.15, 0.2) is 0 Å². The second-order valence-corrected chi connectivity index (χ2v) is 5.03. The van der Waals surface area contributed by atoms with Crippen LogP contribution in [0, 0.1) is 24.0 Å². The van der Waals surface area contributed by atoms with E-state index in [1.54, 1.807) is 13.8 Å². The molecule has 1 amide bonds. The highest BCUT2D eigenvalue weighted by molar-refractivity contribution is 5.95. The predicted molar refractivity (Wildman–Crippen MR) is 74.1 cm³/mol. The smallest absolute Gasteiger partial charge is 0.311 e. The number of carbonyl (C=O) groups is 2. The van der Waals surface area contributed by atoms with E-state index in [0.717, 1.165) is 6.07 Å². The molecule has 1 rings (SSSR count). The standard InChI is InChI=1S/C15H19F2NO3/c1-4-15(5-2,14(20)21)8-18-13(19)11-10(16)7-6-9(3)12(11)17/h6-7H,4-5,8H2,1-3H3,(H,18,19)(H,20,21). The van der Waals surface area contributed by atoms with Crippen LogP contribution >= 0.6 is 0 Å². The van der Waals surface area contributed by atoms with Gasteiger partial charge in [0.05, 0.1) is 5.41 Å². The van der Waals surface area contributed by atoms with E-state index in [9.17, 15) is 23.5 Å². The number of carbonyl (C=O) groups excluding carboxylic acids is 1. The molecule has 0 fully saturated rings. The summed E-state index contributed by atoms with van der Waals surface area (Å²) >= 11 is 0. The van der Waals surface area contributed by atoms with Crippen LogP contribution in [0.3, 0.4) is 0 Å². The first-order valence-electron chi connectivity index (χ1n) is 6.75. The van der Waals surface area contributed by atoms with Crippen LogP contribution in [-0.4, -0.2) is 23.5 Å². The lowest BCUT2D eigenvalue weighted by Crippen LogP contribution is -2.42. The van der Waals surface area contributed by atoms with E-state index in [-0.39, 0.29) is 12.1 Å². The van der Waals surface area contributed by atoms with Crippen molar-refractivity contribution in [1.29, 1.82) is 0 Å². The molecule has 1 aromatic carbocycles. The van der Waals surface area contributed by atoms with Crippen LogP contribution in [0.1, 0.15) is 42.6 Å². The quantitative estimate of drug-likeness (QED) is 0.848. The molecule has 0 saturated heterocycles. The molecule has 4 nitrogen and oxygen atoms in total. The summed E-state index contributed by atoms with van der Waals surface area (Å²) in [5.41, 5.74) is -1.66. The van der Waals surface area contributed by atoms with Crippen LogP contribution in [0.15, 0.2) is 12.1 Å². The lowest BCUT2D eigenvalue weighted by molar-refractivity contribution is -0.149. The molecule has 1 aromatic rings. The van der Waals surface area contributed by atoms with Gasteiger partial charge >= 0.3 is 5.97 Å². The first kappa shape index (κ1) is 17.1. The number of aryl methyl sites for hydroxylation is 1. The lowest BCUT2D eigenvalue weighted by Gasteiger charge is -2.26. The summed E-state index contributed by atoms with van der Waals surface area (Å²) < 4.78 is 27.4. The van der Waals surface area contributed by atoms with Gasteiger partial charge in [0, 0.05) is 6.54 Å². The highest BCUT2D eigenvalue weighted by Gasteiger charge is 2.35. The predicted octanol–water partition coefficient (Wildman–Crippen LogP) is 2.89. The Morgan fingerprint density at radius 1 is 1.24 bits per heavy atom. The van der Waals surface area contributed by atoms with Gasteiger partial charge in [-0.3, -0.25) is 9.59 Å². The largest absolute Gasteiger partial charge is 0.481 e. The fourth-order valence-electron chi connectivity index (χ4n) is 2.08. The van der Waals surface area contributed by atoms with Crippen molar-refractivity contribution < 1.29 is 23.5 Å². The summed E-state index contributed by atoms with van der Waals surface area (Å²) in [6.45, 7) is 4.63. The molecule has 0 saturated carbocycles. The summed E-state index contributed by atoms with van der Waals surface area (Å²) in [5, 5.41) is 11.6. The molecule has 6 heteroatoms. The summed E-state index contributed by atoms with van der Waals surface area (Å²) in [4.78, 5) is 23.3. The molecule has 21 heavy (non-hydrogen) atoms. The zero-order valence-corrected chi connectivity index (χ0v) is 12.3. The number of halogens is 2. The molecule has 116 valence electrons. The average Bonchev–Trinajstić information content (AvgIpc) is 2.44. The van der Waals surface area contributed by atoms with E-state index < -0.39 is 34.5 Å². The molecular weight excluding hydrogens is 280 g/mol. The van der Waals surface area contributed by atoms with E-state index in [4.69, 9.17) is 0 Å². The molecule has 2 N–H and O–H groups in total. The third-order valence-corrected chi connectivity index (χ3v) is 3.91. The van der Waals surface area contributed by atoms with Crippen LogP contribution in [-0.2, 0) is 4.79 Å². The highest BCUT2D eigenvalue weighted by atomic mass is 19.1.